The Kier molecular flexibility index (Phi) is 3.81. The summed E-state index contributed by atoms with van der Waals surface area (Å²) in [7, 11) is 0. The minimum atomic E-state index is -0.726. The maximum absolute atomic E-state index is 13.4. The van der Waals surface area contributed by atoms with E-state index in [1.807, 2.05) is 0 Å². The maximum Gasteiger partial charge on any atom is 0.186 e. The molecule has 0 N–H and O–H groups in total. The van der Waals surface area contributed by atoms with Crippen LogP contribution in [0.1, 0.15) is 16.1 Å². The number of hydrogen-bond donors (Lipinski definition) is 0. The molecule has 0 aliphatic rings. The minimum Gasteiger partial charge on any atom is -0.292 e. The van der Waals surface area contributed by atoms with E-state index in [4.69, 9.17) is 0 Å². The Balaban J connectivity index is 2.24. The molecule has 2 nitrogen and oxygen atoms in total. The Bertz CT molecular complexity index is 601. The van der Waals surface area contributed by atoms with Gasteiger partial charge in [0.1, 0.15) is 17.3 Å². The van der Waals surface area contributed by atoms with Crippen molar-refractivity contribution in [1.82, 2.24) is 4.98 Å². The van der Waals surface area contributed by atoms with E-state index in [-0.39, 0.29) is 23.5 Å². The standard InChI is InChI=1S/C13H8BrF2NO/c14-10-2-1-5-17-13(10)12(18)6-8-3-4-9(15)7-11(8)16/h1-5,7H,6H2. The highest BCUT2D eigenvalue weighted by Crippen LogP contribution is 2.17. The first-order valence-electron chi connectivity index (χ1n) is 5.15. The molecule has 0 saturated heterocycles. The molecule has 0 atom stereocenters. The van der Waals surface area contributed by atoms with Gasteiger partial charge in [0.15, 0.2) is 5.78 Å². The lowest BCUT2D eigenvalue weighted by Crippen LogP contribution is -2.08. The zero-order valence-corrected chi connectivity index (χ0v) is 10.7. The third-order valence-corrected chi connectivity index (χ3v) is 3.03. The molecule has 18 heavy (non-hydrogen) atoms. The topological polar surface area (TPSA) is 30.0 Å². The van der Waals surface area contributed by atoms with Crippen LogP contribution in [-0.2, 0) is 6.42 Å². The van der Waals surface area contributed by atoms with Gasteiger partial charge in [-0.3, -0.25) is 9.78 Å². The Morgan fingerprint density at radius 1 is 1.28 bits per heavy atom. The number of hydrogen-bond acceptors (Lipinski definition) is 2. The van der Waals surface area contributed by atoms with E-state index >= 15 is 0 Å². The van der Waals surface area contributed by atoms with Crippen molar-refractivity contribution in [3.63, 3.8) is 0 Å². The molecule has 0 aliphatic carbocycles. The number of carbonyl (C=O) groups is 1. The first-order chi connectivity index (χ1) is 8.58. The van der Waals surface area contributed by atoms with Crippen LogP contribution in [-0.4, -0.2) is 10.8 Å². The number of aromatic nitrogens is 1. The summed E-state index contributed by atoms with van der Waals surface area (Å²) in [6, 6.07) is 6.51. The third kappa shape index (κ3) is 2.79. The number of rotatable bonds is 3. The van der Waals surface area contributed by atoms with Crippen molar-refractivity contribution < 1.29 is 13.6 Å². The van der Waals surface area contributed by atoms with Crippen LogP contribution in [0.5, 0.6) is 0 Å². The van der Waals surface area contributed by atoms with Gasteiger partial charge >= 0.3 is 0 Å². The highest BCUT2D eigenvalue weighted by atomic mass is 79.9. The summed E-state index contributed by atoms with van der Waals surface area (Å²) < 4.78 is 26.7. The molecule has 0 bridgehead atoms. The van der Waals surface area contributed by atoms with Crippen LogP contribution in [0, 0.1) is 11.6 Å². The van der Waals surface area contributed by atoms with E-state index in [1.165, 1.54) is 12.3 Å². The fraction of sp³-hybridized carbons (Fsp3) is 0.0769. The molecule has 0 spiro atoms. The molecule has 92 valence electrons. The van der Waals surface area contributed by atoms with Crippen LogP contribution in [0.15, 0.2) is 41.0 Å². The lowest BCUT2D eigenvalue weighted by molar-refractivity contribution is 0.0986. The normalized spacial score (nSPS) is 10.4. The molecule has 0 saturated carbocycles. The van der Waals surface area contributed by atoms with Gasteiger partial charge in [0, 0.05) is 23.2 Å². The Hall–Kier alpha value is -1.62. The zero-order chi connectivity index (χ0) is 13.1. The van der Waals surface area contributed by atoms with Gasteiger partial charge in [0.2, 0.25) is 0 Å². The van der Waals surface area contributed by atoms with Gasteiger partial charge in [0.25, 0.3) is 0 Å². The zero-order valence-electron chi connectivity index (χ0n) is 9.16. The first kappa shape index (κ1) is 12.8. The number of nitrogens with zero attached hydrogens (tertiary/aromatic N) is 1. The number of pyridine rings is 1. The van der Waals surface area contributed by atoms with E-state index in [2.05, 4.69) is 20.9 Å². The first-order valence-corrected chi connectivity index (χ1v) is 5.95. The lowest BCUT2D eigenvalue weighted by Gasteiger charge is -2.04. The largest absolute Gasteiger partial charge is 0.292 e. The minimum absolute atomic E-state index is 0.151. The number of Topliss-reactive ketones (excluding diaryl/α,β-unsaturated/α-hetero) is 1. The maximum atomic E-state index is 13.4. The van der Waals surface area contributed by atoms with Crippen molar-refractivity contribution in [1.29, 1.82) is 0 Å². The summed E-state index contributed by atoms with van der Waals surface area (Å²) in [4.78, 5) is 15.8. The SMILES string of the molecule is O=C(Cc1ccc(F)cc1F)c1ncccc1Br. The van der Waals surface area contributed by atoms with Gasteiger partial charge in [-0.15, -0.1) is 0 Å². The molecule has 0 amide bonds. The molecule has 2 rings (SSSR count). The monoisotopic (exact) mass is 311 g/mol. The van der Waals surface area contributed by atoms with Gasteiger partial charge in [-0.05, 0) is 39.7 Å². The molecule has 0 unspecified atom stereocenters. The van der Waals surface area contributed by atoms with Crippen molar-refractivity contribution in [2.45, 2.75) is 6.42 Å². The van der Waals surface area contributed by atoms with Crippen molar-refractivity contribution >= 4 is 21.7 Å². The Morgan fingerprint density at radius 3 is 2.72 bits per heavy atom. The number of ketones is 1. The number of carbonyl (C=O) groups excluding carboxylic acids is 1. The van der Waals surface area contributed by atoms with Crippen LogP contribution >= 0.6 is 15.9 Å². The fourth-order valence-corrected chi connectivity index (χ4v) is 1.99. The molecule has 1 heterocycles. The van der Waals surface area contributed by atoms with Crippen molar-refractivity contribution in [2.75, 3.05) is 0 Å². The Labute approximate surface area is 111 Å². The molecule has 0 fully saturated rings. The fourth-order valence-electron chi connectivity index (χ4n) is 1.51. The van der Waals surface area contributed by atoms with Crippen molar-refractivity contribution in [3.8, 4) is 0 Å². The molecule has 5 heteroatoms. The van der Waals surface area contributed by atoms with E-state index in [1.54, 1.807) is 12.1 Å². The summed E-state index contributed by atoms with van der Waals surface area (Å²) in [6.45, 7) is 0. The molecular formula is C13H8BrF2NO. The van der Waals surface area contributed by atoms with E-state index in [0.29, 0.717) is 4.47 Å². The summed E-state index contributed by atoms with van der Waals surface area (Å²) in [6.07, 6.45) is 1.33. The van der Waals surface area contributed by atoms with Crippen LogP contribution in [0.3, 0.4) is 0 Å². The van der Waals surface area contributed by atoms with Crippen molar-refractivity contribution in [3.05, 3.63) is 63.9 Å². The predicted octanol–water partition coefficient (Wildman–Crippen LogP) is 3.55. The second-order valence-corrected chi connectivity index (χ2v) is 4.52. The molecule has 0 radical (unpaired) electrons. The Morgan fingerprint density at radius 2 is 2.06 bits per heavy atom. The van der Waals surface area contributed by atoms with Crippen LogP contribution < -0.4 is 0 Å². The van der Waals surface area contributed by atoms with Gasteiger partial charge in [0.05, 0.1) is 0 Å². The van der Waals surface area contributed by atoms with Crippen LogP contribution in [0.4, 0.5) is 8.78 Å². The smallest absolute Gasteiger partial charge is 0.186 e. The molecule has 1 aromatic heterocycles. The summed E-state index contributed by atoms with van der Waals surface area (Å²) in [5.41, 5.74) is 0.389. The van der Waals surface area contributed by atoms with Gasteiger partial charge < -0.3 is 0 Å². The quantitative estimate of drug-likeness (QED) is 0.811. The van der Waals surface area contributed by atoms with Crippen molar-refractivity contribution in [2.24, 2.45) is 0 Å². The third-order valence-electron chi connectivity index (χ3n) is 2.39. The summed E-state index contributed by atoms with van der Waals surface area (Å²) >= 11 is 3.20. The van der Waals surface area contributed by atoms with Gasteiger partial charge in [-0.2, -0.15) is 0 Å². The summed E-state index contributed by atoms with van der Waals surface area (Å²) in [5, 5.41) is 0. The summed E-state index contributed by atoms with van der Waals surface area (Å²) in [5.74, 6) is -1.72. The average Bonchev–Trinajstić information content (AvgIpc) is 2.33. The number of halogens is 3. The van der Waals surface area contributed by atoms with Crippen LogP contribution in [0.25, 0.3) is 0 Å². The van der Waals surface area contributed by atoms with E-state index in [9.17, 15) is 13.6 Å². The van der Waals surface area contributed by atoms with E-state index in [0.717, 1.165) is 12.1 Å². The average molecular weight is 312 g/mol. The highest BCUT2D eigenvalue weighted by Gasteiger charge is 2.14. The van der Waals surface area contributed by atoms with Gasteiger partial charge in [-0.1, -0.05) is 6.07 Å². The molecule has 1 aromatic carbocycles. The highest BCUT2D eigenvalue weighted by molar-refractivity contribution is 9.10. The lowest BCUT2D eigenvalue weighted by atomic mass is 10.1. The molecular weight excluding hydrogens is 304 g/mol. The van der Waals surface area contributed by atoms with Crippen LogP contribution in [0.2, 0.25) is 0 Å². The second-order valence-electron chi connectivity index (χ2n) is 3.67. The van der Waals surface area contributed by atoms with Gasteiger partial charge in [-0.25, -0.2) is 8.78 Å². The molecule has 2 aromatic rings. The number of benzene rings is 1. The molecule has 0 aliphatic heterocycles. The predicted molar refractivity (Wildman–Crippen MR) is 66.3 cm³/mol. The van der Waals surface area contributed by atoms with E-state index < -0.39 is 11.6 Å². The second kappa shape index (κ2) is 5.35.